The average Bonchev–Trinajstić information content (AvgIpc) is 3.16. The molecule has 0 saturated carbocycles. The topological polar surface area (TPSA) is 110 Å². The van der Waals surface area contributed by atoms with Crippen molar-refractivity contribution in [3.8, 4) is 11.1 Å². The number of nitrogens with one attached hydrogen (secondary N) is 1. The summed E-state index contributed by atoms with van der Waals surface area (Å²) in [6, 6.07) is 19.4. The zero-order valence-corrected chi connectivity index (χ0v) is 24.4. The van der Waals surface area contributed by atoms with E-state index in [1.807, 2.05) is 35.2 Å². The molecule has 3 aromatic rings. The number of hydrogen-bond acceptors (Lipinski definition) is 7. The Labute approximate surface area is 244 Å². The van der Waals surface area contributed by atoms with Crippen LogP contribution in [0.3, 0.4) is 0 Å². The molecule has 5 rings (SSSR count). The SMILES string of the molecule is Cc1cc(-c2cccc(S(C)(=O)=O)c2)c(Cl)cc1C1C(=O)OC2(CCCN(CC(=O)NCc3ccccc3)C2)C1=O. The Morgan fingerprint density at radius 1 is 1.10 bits per heavy atom. The lowest BCUT2D eigenvalue weighted by molar-refractivity contribution is -0.157. The number of piperidine rings is 1. The summed E-state index contributed by atoms with van der Waals surface area (Å²) in [5, 5.41) is 3.19. The summed E-state index contributed by atoms with van der Waals surface area (Å²) < 4.78 is 29.9. The van der Waals surface area contributed by atoms with Crippen molar-refractivity contribution in [2.45, 2.75) is 42.7 Å². The number of Topliss-reactive ketones (excluding diaryl/α,β-unsaturated/α-hetero) is 1. The van der Waals surface area contributed by atoms with Gasteiger partial charge in [-0.1, -0.05) is 54.1 Å². The lowest BCUT2D eigenvalue weighted by atomic mass is 9.81. The minimum absolute atomic E-state index is 0.0934. The van der Waals surface area contributed by atoms with E-state index in [-0.39, 0.29) is 34.7 Å². The number of rotatable bonds is 7. The lowest BCUT2D eigenvalue weighted by Gasteiger charge is -2.37. The second kappa shape index (κ2) is 11.4. The van der Waals surface area contributed by atoms with Gasteiger partial charge in [-0.3, -0.25) is 19.3 Å². The van der Waals surface area contributed by atoms with Gasteiger partial charge in [0.25, 0.3) is 0 Å². The van der Waals surface area contributed by atoms with Crippen LogP contribution < -0.4 is 5.32 Å². The van der Waals surface area contributed by atoms with Crippen molar-refractivity contribution in [3.63, 3.8) is 0 Å². The van der Waals surface area contributed by atoms with Crippen molar-refractivity contribution in [3.05, 3.63) is 88.4 Å². The molecule has 1 N–H and O–H groups in total. The Hall–Kier alpha value is -3.53. The van der Waals surface area contributed by atoms with Gasteiger partial charge in [-0.15, -0.1) is 0 Å². The van der Waals surface area contributed by atoms with Crippen LogP contribution in [0.2, 0.25) is 5.02 Å². The van der Waals surface area contributed by atoms with E-state index in [2.05, 4.69) is 5.32 Å². The number of nitrogens with zero attached hydrogens (tertiary/aromatic N) is 1. The van der Waals surface area contributed by atoms with Gasteiger partial charge < -0.3 is 10.1 Å². The van der Waals surface area contributed by atoms with Gasteiger partial charge in [-0.05, 0) is 72.8 Å². The summed E-state index contributed by atoms with van der Waals surface area (Å²) in [6.07, 6.45) is 2.13. The normalized spacial score (nSPS) is 21.2. The number of hydrogen-bond donors (Lipinski definition) is 1. The molecule has 0 radical (unpaired) electrons. The van der Waals surface area contributed by atoms with E-state index in [1.54, 1.807) is 37.3 Å². The van der Waals surface area contributed by atoms with E-state index >= 15 is 0 Å². The van der Waals surface area contributed by atoms with E-state index in [4.69, 9.17) is 16.3 Å². The number of amides is 1. The van der Waals surface area contributed by atoms with Crippen LogP contribution in [0.15, 0.2) is 71.6 Å². The van der Waals surface area contributed by atoms with Gasteiger partial charge in [-0.2, -0.15) is 0 Å². The summed E-state index contributed by atoms with van der Waals surface area (Å²) in [5.41, 5.74) is 2.00. The van der Waals surface area contributed by atoms with Crippen molar-refractivity contribution in [1.29, 1.82) is 0 Å². The molecule has 3 aromatic carbocycles. The first kappa shape index (κ1) is 29.0. The highest BCUT2D eigenvalue weighted by Gasteiger charge is 2.57. The third kappa shape index (κ3) is 6.07. The quantitative estimate of drug-likeness (QED) is 0.324. The first-order chi connectivity index (χ1) is 19.5. The van der Waals surface area contributed by atoms with Crippen molar-refractivity contribution >= 4 is 39.1 Å². The number of carbonyl (C=O) groups is 3. The highest BCUT2D eigenvalue weighted by molar-refractivity contribution is 7.90. The molecule has 2 aliphatic rings. The second-order valence-corrected chi connectivity index (χ2v) is 13.2. The predicted octanol–water partition coefficient (Wildman–Crippen LogP) is 4.08. The number of carbonyl (C=O) groups excluding carboxylic acids is 3. The van der Waals surface area contributed by atoms with Gasteiger partial charge in [0.2, 0.25) is 5.91 Å². The molecule has 0 bridgehead atoms. The van der Waals surface area contributed by atoms with Gasteiger partial charge in [0, 0.05) is 29.9 Å². The van der Waals surface area contributed by atoms with Crippen molar-refractivity contribution in [2.75, 3.05) is 25.9 Å². The van der Waals surface area contributed by atoms with Crippen molar-refractivity contribution in [1.82, 2.24) is 10.2 Å². The molecular formula is C31H31ClN2O6S. The van der Waals surface area contributed by atoms with Crippen molar-refractivity contribution in [2.24, 2.45) is 0 Å². The highest BCUT2D eigenvalue weighted by Crippen LogP contribution is 2.43. The molecule has 0 aliphatic carbocycles. The molecule has 1 amide bonds. The first-order valence-electron chi connectivity index (χ1n) is 13.4. The summed E-state index contributed by atoms with van der Waals surface area (Å²) in [4.78, 5) is 41.7. The Bertz CT molecular complexity index is 1620. The maximum atomic E-state index is 13.8. The van der Waals surface area contributed by atoms with Gasteiger partial charge >= 0.3 is 5.97 Å². The third-order valence-electron chi connectivity index (χ3n) is 7.72. The molecule has 2 fully saturated rings. The largest absolute Gasteiger partial charge is 0.449 e. The monoisotopic (exact) mass is 594 g/mol. The average molecular weight is 595 g/mol. The Balaban J connectivity index is 1.33. The van der Waals surface area contributed by atoms with Crippen LogP contribution in [0, 0.1) is 6.92 Å². The molecule has 8 nitrogen and oxygen atoms in total. The molecule has 2 unspecified atom stereocenters. The first-order valence-corrected chi connectivity index (χ1v) is 15.6. The Morgan fingerprint density at radius 2 is 1.85 bits per heavy atom. The number of aryl methyl sites for hydroxylation is 1. The molecule has 1 spiro atoms. The number of sulfone groups is 1. The molecule has 10 heteroatoms. The van der Waals surface area contributed by atoms with Gasteiger partial charge in [0.05, 0.1) is 11.4 Å². The molecular weight excluding hydrogens is 564 g/mol. The maximum absolute atomic E-state index is 13.8. The molecule has 214 valence electrons. The second-order valence-electron chi connectivity index (χ2n) is 10.8. The van der Waals surface area contributed by atoms with Gasteiger partial charge in [-0.25, -0.2) is 8.42 Å². The number of benzene rings is 3. The lowest BCUT2D eigenvalue weighted by Crippen LogP contribution is -2.54. The molecule has 2 atom stereocenters. The number of ether oxygens (including phenoxy) is 1. The Morgan fingerprint density at radius 3 is 2.59 bits per heavy atom. The van der Waals surface area contributed by atoms with E-state index in [0.717, 1.165) is 11.8 Å². The standard InChI is InChI=1S/C31H31ClN2O6S/c1-20-14-25(22-10-6-11-23(15-22)41(2,38)39)26(32)16-24(20)28-29(36)31(40-30(28)37)12-7-13-34(19-31)18-27(35)33-17-21-8-4-3-5-9-21/h3-6,8-11,14-16,28H,7,12-13,17-19H2,1-2H3,(H,33,35). The van der Waals surface area contributed by atoms with Gasteiger partial charge in [0.15, 0.2) is 21.2 Å². The zero-order valence-electron chi connectivity index (χ0n) is 22.9. The number of halogens is 1. The molecule has 41 heavy (non-hydrogen) atoms. The summed E-state index contributed by atoms with van der Waals surface area (Å²) in [6.45, 7) is 3.04. The van der Waals surface area contributed by atoms with Crippen LogP contribution in [0.5, 0.6) is 0 Å². The number of esters is 1. The summed E-state index contributed by atoms with van der Waals surface area (Å²) >= 11 is 6.64. The number of likely N-dealkylation sites (tertiary alicyclic amines) is 1. The third-order valence-corrected chi connectivity index (χ3v) is 9.14. The maximum Gasteiger partial charge on any atom is 0.322 e. The van der Waals surface area contributed by atoms with E-state index in [9.17, 15) is 22.8 Å². The summed E-state index contributed by atoms with van der Waals surface area (Å²) in [7, 11) is -3.41. The van der Waals surface area contributed by atoms with Crippen LogP contribution >= 0.6 is 11.6 Å². The molecule has 0 aromatic heterocycles. The molecule has 2 aliphatic heterocycles. The number of ketones is 1. The van der Waals surface area contributed by atoms with E-state index in [0.29, 0.717) is 48.2 Å². The Kier molecular flexibility index (Phi) is 8.05. The molecule has 2 saturated heterocycles. The van der Waals surface area contributed by atoms with Crippen LogP contribution in [0.4, 0.5) is 0 Å². The van der Waals surface area contributed by atoms with E-state index in [1.165, 1.54) is 6.07 Å². The zero-order chi connectivity index (χ0) is 29.4. The van der Waals surface area contributed by atoms with Crippen LogP contribution in [0.25, 0.3) is 11.1 Å². The smallest absolute Gasteiger partial charge is 0.322 e. The molecule has 2 heterocycles. The van der Waals surface area contributed by atoms with Crippen LogP contribution in [-0.2, 0) is 35.5 Å². The van der Waals surface area contributed by atoms with Crippen LogP contribution in [-0.4, -0.2) is 62.5 Å². The minimum atomic E-state index is -3.41. The minimum Gasteiger partial charge on any atom is -0.449 e. The van der Waals surface area contributed by atoms with Gasteiger partial charge in [0.1, 0.15) is 5.92 Å². The predicted molar refractivity (Wildman–Crippen MR) is 155 cm³/mol. The summed E-state index contributed by atoms with van der Waals surface area (Å²) in [5.74, 6) is -2.26. The highest BCUT2D eigenvalue weighted by atomic mass is 35.5. The fourth-order valence-corrected chi connectivity index (χ4v) is 6.59. The fraction of sp³-hybridized carbons (Fsp3) is 0.323. The van der Waals surface area contributed by atoms with Crippen molar-refractivity contribution < 1.29 is 27.5 Å². The van der Waals surface area contributed by atoms with Crippen LogP contribution in [0.1, 0.15) is 35.4 Å². The van der Waals surface area contributed by atoms with E-state index < -0.39 is 27.3 Å². The fourth-order valence-electron chi connectivity index (χ4n) is 5.65.